The maximum atomic E-state index is 6.51. The van der Waals surface area contributed by atoms with Crippen LogP contribution < -0.4 is 5.73 Å². The van der Waals surface area contributed by atoms with Gasteiger partial charge in [-0.05, 0) is 42.0 Å². The van der Waals surface area contributed by atoms with Crippen LogP contribution in [-0.4, -0.2) is 24.0 Å². The molecule has 21 heavy (non-hydrogen) atoms. The Bertz CT molecular complexity index is 622. The lowest BCUT2D eigenvalue weighted by Gasteiger charge is -2.27. The molecule has 0 saturated carbocycles. The van der Waals surface area contributed by atoms with Crippen molar-refractivity contribution in [3.8, 4) is 0 Å². The number of nitrogens with two attached hydrogens (primary N) is 1. The molecule has 2 nitrogen and oxygen atoms in total. The van der Waals surface area contributed by atoms with E-state index in [1.54, 1.807) is 0 Å². The first-order chi connectivity index (χ1) is 10.3. The van der Waals surface area contributed by atoms with Gasteiger partial charge in [0.25, 0.3) is 0 Å². The van der Waals surface area contributed by atoms with Crippen LogP contribution in [0.5, 0.6) is 0 Å². The third-order valence-corrected chi connectivity index (χ3v) is 5.22. The van der Waals surface area contributed by atoms with Gasteiger partial charge < -0.3 is 5.73 Å². The predicted octanol–water partition coefficient (Wildman–Crippen LogP) is 3.10. The van der Waals surface area contributed by atoms with Gasteiger partial charge in [-0.1, -0.05) is 54.6 Å². The van der Waals surface area contributed by atoms with Crippen molar-refractivity contribution >= 4 is 0 Å². The molecule has 108 valence electrons. The maximum Gasteiger partial charge on any atom is 0.0459 e. The largest absolute Gasteiger partial charge is 0.323 e. The average molecular weight is 278 g/mol. The number of fused-ring (bicyclic) bond motifs is 1. The van der Waals surface area contributed by atoms with Crippen molar-refractivity contribution in [3.63, 3.8) is 0 Å². The lowest BCUT2D eigenvalue weighted by Crippen LogP contribution is -2.39. The Labute approximate surface area is 126 Å². The zero-order valence-electron chi connectivity index (χ0n) is 12.3. The Morgan fingerprint density at radius 2 is 1.71 bits per heavy atom. The molecule has 0 amide bonds. The Morgan fingerprint density at radius 3 is 2.52 bits per heavy atom. The normalized spacial score (nSPS) is 28.7. The molecule has 1 heterocycles. The second kappa shape index (κ2) is 5.28. The number of nitrogens with zero attached hydrogens (tertiary/aromatic N) is 1. The van der Waals surface area contributed by atoms with Crippen molar-refractivity contribution in [3.05, 3.63) is 71.3 Å². The minimum Gasteiger partial charge on any atom is -0.323 e. The van der Waals surface area contributed by atoms with Crippen molar-refractivity contribution in [1.29, 1.82) is 0 Å². The standard InChI is InChI=1S/C19H22N2/c20-19-17-9-5-4-8-15(17)12-18(19)21-11-10-16(13-21)14-6-2-1-3-7-14/h1-9,16,18-19H,10-13,20H2. The van der Waals surface area contributed by atoms with Crippen LogP contribution in [0.1, 0.15) is 35.1 Å². The van der Waals surface area contributed by atoms with Crippen LogP contribution in [0.4, 0.5) is 0 Å². The first kappa shape index (κ1) is 13.1. The molecule has 0 radical (unpaired) electrons. The van der Waals surface area contributed by atoms with Gasteiger partial charge in [-0.3, -0.25) is 4.90 Å². The summed E-state index contributed by atoms with van der Waals surface area (Å²) in [6, 6.07) is 20.2. The van der Waals surface area contributed by atoms with Gasteiger partial charge in [-0.15, -0.1) is 0 Å². The molecule has 1 saturated heterocycles. The third-order valence-electron chi connectivity index (χ3n) is 5.22. The Hall–Kier alpha value is -1.64. The van der Waals surface area contributed by atoms with E-state index in [-0.39, 0.29) is 6.04 Å². The fourth-order valence-electron chi connectivity index (χ4n) is 4.05. The smallest absolute Gasteiger partial charge is 0.0459 e. The molecule has 0 spiro atoms. The lowest BCUT2D eigenvalue weighted by atomic mass is 9.98. The topological polar surface area (TPSA) is 29.3 Å². The highest BCUT2D eigenvalue weighted by Gasteiger charge is 2.37. The summed E-state index contributed by atoms with van der Waals surface area (Å²) < 4.78 is 0. The Morgan fingerprint density at radius 1 is 0.952 bits per heavy atom. The summed E-state index contributed by atoms with van der Waals surface area (Å²) >= 11 is 0. The monoisotopic (exact) mass is 278 g/mol. The van der Waals surface area contributed by atoms with Crippen molar-refractivity contribution in [2.45, 2.75) is 30.8 Å². The van der Waals surface area contributed by atoms with Crippen LogP contribution in [0.2, 0.25) is 0 Å². The van der Waals surface area contributed by atoms with E-state index in [0.29, 0.717) is 12.0 Å². The molecule has 2 aromatic rings. The number of hydrogen-bond acceptors (Lipinski definition) is 2. The van der Waals surface area contributed by atoms with Crippen LogP contribution in [0.15, 0.2) is 54.6 Å². The number of likely N-dealkylation sites (tertiary alicyclic amines) is 1. The number of rotatable bonds is 2. The molecule has 3 unspecified atom stereocenters. The summed E-state index contributed by atoms with van der Waals surface area (Å²) in [5.74, 6) is 0.669. The second-order valence-corrected chi connectivity index (χ2v) is 6.39. The van der Waals surface area contributed by atoms with Gasteiger partial charge in [0.15, 0.2) is 0 Å². The molecule has 4 rings (SSSR count). The molecular formula is C19H22N2. The zero-order valence-corrected chi connectivity index (χ0v) is 12.3. The van der Waals surface area contributed by atoms with Crippen molar-refractivity contribution in [1.82, 2.24) is 4.90 Å². The zero-order chi connectivity index (χ0) is 14.2. The van der Waals surface area contributed by atoms with E-state index in [0.717, 1.165) is 13.0 Å². The highest BCUT2D eigenvalue weighted by molar-refractivity contribution is 5.37. The highest BCUT2D eigenvalue weighted by atomic mass is 15.2. The van der Waals surface area contributed by atoms with E-state index in [2.05, 4.69) is 59.5 Å². The summed E-state index contributed by atoms with van der Waals surface area (Å²) in [7, 11) is 0. The number of hydrogen-bond donors (Lipinski definition) is 1. The van der Waals surface area contributed by atoms with Gasteiger partial charge in [-0.2, -0.15) is 0 Å². The Balaban J connectivity index is 1.50. The van der Waals surface area contributed by atoms with Crippen LogP contribution in [0.25, 0.3) is 0 Å². The summed E-state index contributed by atoms with van der Waals surface area (Å²) in [5.41, 5.74) is 10.8. The van der Waals surface area contributed by atoms with Crippen LogP contribution in [-0.2, 0) is 6.42 Å². The van der Waals surface area contributed by atoms with Gasteiger partial charge in [-0.25, -0.2) is 0 Å². The average Bonchev–Trinajstić information content (AvgIpc) is 3.14. The van der Waals surface area contributed by atoms with Gasteiger partial charge in [0.1, 0.15) is 0 Å². The first-order valence-corrected chi connectivity index (χ1v) is 7.95. The van der Waals surface area contributed by atoms with Crippen LogP contribution >= 0.6 is 0 Å². The molecule has 1 aliphatic carbocycles. The molecule has 3 atom stereocenters. The van der Waals surface area contributed by atoms with Gasteiger partial charge in [0.2, 0.25) is 0 Å². The summed E-state index contributed by atoms with van der Waals surface area (Å²) in [6.45, 7) is 2.32. The van der Waals surface area contributed by atoms with Crippen molar-refractivity contribution in [2.24, 2.45) is 5.73 Å². The van der Waals surface area contributed by atoms with E-state index in [9.17, 15) is 0 Å². The van der Waals surface area contributed by atoms with Crippen molar-refractivity contribution in [2.75, 3.05) is 13.1 Å². The minimum atomic E-state index is 0.177. The first-order valence-electron chi connectivity index (χ1n) is 7.95. The molecule has 0 aromatic heterocycles. The summed E-state index contributed by atoms with van der Waals surface area (Å²) in [6.07, 6.45) is 2.36. The van der Waals surface area contributed by atoms with E-state index in [4.69, 9.17) is 5.73 Å². The van der Waals surface area contributed by atoms with Gasteiger partial charge in [0.05, 0.1) is 0 Å². The van der Waals surface area contributed by atoms with E-state index < -0.39 is 0 Å². The highest BCUT2D eigenvalue weighted by Crippen LogP contribution is 2.37. The minimum absolute atomic E-state index is 0.177. The fraction of sp³-hybridized carbons (Fsp3) is 0.368. The summed E-state index contributed by atoms with van der Waals surface area (Å²) in [5, 5.41) is 0. The fourth-order valence-corrected chi connectivity index (χ4v) is 4.05. The molecule has 2 N–H and O–H groups in total. The predicted molar refractivity (Wildman–Crippen MR) is 86.2 cm³/mol. The second-order valence-electron chi connectivity index (χ2n) is 6.39. The molecule has 1 aliphatic heterocycles. The van der Waals surface area contributed by atoms with E-state index in [1.807, 2.05) is 0 Å². The van der Waals surface area contributed by atoms with Gasteiger partial charge >= 0.3 is 0 Å². The van der Waals surface area contributed by atoms with Gasteiger partial charge in [0, 0.05) is 18.6 Å². The van der Waals surface area contributed by atoms with Crippen LogP contribution in [0.3, 0.4) is 0 Å². The van der Waals surface area contributed by atoms with Crippen molar-refractivity contribution < 1.29 is 0 Å². The van der Waals surface area contributed by atoms with Crippen LogP contribution in [0, 0.1) is 0 Å². The molecule has 2 heteroatoms. The lowest BCUT2D eigenvalue weighted by molar-refractivity contribution is 0.220. The summed E-state index contributed by atoms with van der Waals surface area (Å²) in [4.78, 5) is 2.61. The third kappa shape index (κ3) is 2.29. The SMILES string of the molecule is NC1c2ccccc2CC1N1CCC(c2ccccc2)C1. The molecule has 2 aromatic carbocycles. The molecule has 1 fully saturated rings. The maximum absolute atomic E-state index is 6.51. The van der Waals surface area contributed by atoms with E-state index >= 15 is 0 Å². The molecular weight excluding hydrogens is 256 g/mol. The van der Waals surface area contributed by atoms with E-state index in [1.165, 1.54) is 29.7 Å². The quantitative estimate of drug-likeness (QED) is 0.914. The molecule has 2 aliphatic rings. The Kier molecular flexibility index (Phi) is 3.28. The molecule has 0 bridgehead atoms. The number of benzene rings is 2.